The van der Waals surface area contributed by atoms with E-state index >= 15 is 0 Å². The third-order valence-corrected chi connectivity index (χ3v) is 2.61. The minimum absolute atomic E-state index is 0.475. The molecule has 0 radical (unpaired) electrons. The molecule has 1 aliphatic rings. The van der Waals surface area contributed by atoms with Crippen molar-refractivity contribution < 1.29 is 0 Å². The molecule has 1 fully saturated rings. The molecule has 15 heavy (non-hydrogen) atoms. The van der Waals surface area contributed by atoms with E-state index in [9.17, 15) is 0 Å². The van der Waals surface area contributed by atoms with Crippen molar-refractivity contribution in [1.82, 2.24) is 19.9 Å². The van der Waals surface area contributed by atoms with Gasteiger partial charge in [0.1, 0.15) is 0 Å². The molecule has 5 heteroatoms. The number of fused-ring (bicyclic) bond motifs is 1. The van der Waals surface area contributed by atoms with Gasteiger partial charge in [-0.2, -0.15) is 4.98 Å². The molecular formula is C10H13N5. The average molecular weight is 203 g/mol. The van der Waals surface area contributed by atoms with E-state index in [0.29, 0.717) is 12.0 Å². The maximum absolute atomic E-state index is 4.41. The van der Waals surface area contributed by atoms with E-state index in [1.54, 1.807) is 4.52 Å². The number of rotatable bonds is 2. The van der Waals surface area contributed by atoms with Gasteiger partial charge in [-0.1, -0.05) is 0 Å². The van der Waals surface area contributed by atoms with Crippen molar-refractivity contribution in [3.05, 3.63) is 23.9 Å². The molecule has 5 nitrogen and oxygen atoms in total. The molecule has 2 aromatic rings. The molecule has 78 valence electrons. The summed E-state index contributed by atoms with van der Waals surface area (Å²) in [4.78, 5) is 4.41. The predicted molar refractivity (Wildman–Crippen MR) is 58.0 cm³/mol. The number of pyridine rings is 1. The first kappa shape index (κ1) is 8.67. The molecule has 1 saturated heterocycles. The lowest BCUT2D eigenvalue weighted by Gasteiger charge is -2.27. The topological polar surface area (TPSA) is 54.2 Å². The summed E-state index contributed by atoms with van der Waals surface area (Å²) in [5, 5.41) is 10.8. The molecule has 0 spiro atoms. The van der Waals surface area contributed by atoms with Crippen LogP contribution in [-0.4, -0.2) is 33.7 Å². The highest BCUT2D eigenvalue weighted by Crippen LogP contribution is 2.09. The second kappa shape index (κ2) is 3.20. The Morgan fingerprint density at radius 2 is 2.40 bits per heavy atom. The van der Waals surface area contributed by atoms with Crippen molar-refractivity contribution in [3.8, 4) is 0 Å². The minimum atomic E-state index is 0.475. The Morgan fingerprint density at radius 1 is 1.53 bits per heavy atom. The van der Waals surface area contributed by atoms with Gasteiger partial charge in [-0.25, -0.2) is 4.52 Å². The Kier molecular flexibility index (Phi) is 1.85. The summed E-state index contributed by atoms with van der Waals surface area (Å²) < 4.78 is 1.79. The lowest BCUT2D eigenvalue weighted by atomic mass is 10.2. The van der Waals surface area contributed by atoms with Crippen LogP contribution in [0.4, 0.5) is 5.95 Å². The molecule has 0 aliphatic carbocycles. The van der Waals surface area contributed by atoms with Crippen molar-refractivity contribution in [2.75, 3.05) is 18.4 Å². The smallest absolute Gasteiger partial charge is 0.243 e. The van der Waals surface area contributed by atoms with Gasteiger partial charge in [-0.3, -0.25) is 0 Å². The van der Waals surface area contributed by atoms with Gasteiger partial charge >= 0.3 is 0 Å². The van der Waals surface area contributed by atoms with Gasteiger partial charge < -0.3 is 10.6 Å². The lowest BCUT2D eigenvalue weighted by Crippen LogP contribution is -2.51. The van der Waals surface area contributed by atoms with Crippen molar-refractivity contribution in [1.29, 1.82) is 0 Å². The zero-order chi connectivity index (χ0) is 10.3. The molecular weight excluding hydrogens is 190 g/mol. The highest BCUT2D eigenvalue weighted by atomic mass is 15.4. The molecule has 1 aliphatic heterocycles. The molecule has 3 heterocycles. The Labute approximate surface area is 87.5 Å². The largest absolute Gasteiger partial charge is 0.348 e. The fourth-order valence-electron chi connectivity index (χ4n) is 1.62. The van der Waals surface area contributed by atoms with Crippen LogP contribution in [0.1, 0.15) is 5.56 Å². The summed E-state index contributed by atoms with van der Waals surface area (Å²) in [6.45, 7) is 4.04. The Hall–Kier alpha value is -1.62. The molecule has 0 atom stereocenters. The number of nitrogens with one attached hydrogen (secondary N) is 2. The first-order valence-corrected chi connectivity index (χ1v) is 5.11. The van der Waals surface area contributed by atoms with Crippen LogP contribution in [0.2, 0.25) is 0 Å². The average Bonchev–Trinajstić information content (AvgIpc) is 2.53. The summed E-state index contributed by atoms with van der Waals surface area (Å²) >= 11 is 0. The zero-order valence-electron chi connectivity index (χ0n) is 8.57. The molecule has 0 saturated carbocycles. The summed E-state index contributed by atoms with van der Waals surface area (Å²) in [6, 6.07) is 4.52. The number of nitrogens with zero attached hydrogens (tertiary/aromatic N) is 3. The standard InChI is InChI=1S/C10H13N5/c1-7-2-3-15-9(4-7)13-10(14-15)12-8-5-11-6-8/h2-4,8,11H,5-6H2,1H3,(H,12,14). The maximum Gasteiger partial charge on any atom is 0.243 e. The quantitative estimate of drug-likeness (QED) is 0.742. The molecule has 0 bridgehead atoms. The monoisotopic (exact) mass is 203 g/mol. The van der Waals surface area contributed by atoms with E-state index in [2.05, 4.69) is 27.6 Å². The SMILES string of the molecule is Cc1ccn2nc(NC3CNC3)nc2c1. The molecule has 0 amide bonds. The molecule has 0 aromatic carbocycles. The molecule has 0 unspecified atom stereocenters. The van der Waals surface area contributed by atoms with Gasteiger partial charge in [-0.15, -0.1) is 5.10 Å². The maximum atomic E-state index is 4.41. The van der Waals surface area contributed by atoms with Gasteiger partial charge in [0.25, 0.3) is 0 Å². The molecule has 2 N–H and O–H groups in total. The van der Waals surface area contributed by atoms with Gasteiger partial charge in [0.15, 0.2) is 5.65 Å². The van der Waals surface area contributed by atoms with Gasteiger partial charge in [0.2, 0.25) is 5.95 Å². The van der Waals surface area contributed by atoms with Crippen LogP contribution in [0.25, 0.3) is 5.65 Å². The van der Waals surface area contributed by atoms with Crippen molar-refractivity contribution in [2.24, 2.45) is 0 Å². The number of hydrogen-bond donors (Lipinski definition) is 2. The second-order valence-corrected chi connectivity index (χ2v) is 3.94. The van der Waals surface area contributed by atoms with E-state index in [4.69, 9.17) is 0 Å². The highest BCUT2D eigenvalue weighted by molar-refractivity contribution is 5.45. The van der Waals surface area contributed by atoms with Gasteiger partial charge in [-0.05, 0) is 24.6 Å². The molecule has 3 rings (SSSR count). The summed E-state index contributed by atoms with van der Waals surface area (Å²) in [5.41, 5.74) is 2.09. The number of aromatic nitrogens is 3. The second-order valence-electron chi connectivity index (χ2n) is 3.94. The number of hydrogen-bond acceptors (Lipinski definition) is 4. The fraction of sp³-hybridized carbons (Fsp3) is 0.400. The van der Waals surface area contributed by atoms with Gasteiger partial charge in [0.05, 0.1) is 6.04 Å². The lowest BCUT2D eigenvalue weighted by molar-refractivity contribution is 0.470. The van der Waals surface area contributed by atoms with Crippen molar-refractivity contribution in [2.45, 2.75) is 13.0 Å². The van der Waals surface area contributed by atoms with E-state index in [0.717, 1.165) is 18.7 Å². The number of aryl methyl sites for hydroxylation is 1. The van der Waals surface area contributed by atoms with Crippen LogP contribution in [-0.2, 0) is 0 Å². The van der Waals surface area contributed by atoms with Crippen LogP contribution in [0.3, 0.4) is 0 Å². The van der Waals surface area contributed by atoms with Crippen molar-refractivity contribution >= 4 is 11.6 Å². The van der Waals surface area contributed by atoms with Crippen LogP contribution >= 0.6 is 0 Å². The summed E-state index contributed by atoms with van der Waals surface area (Å²) in [7, 11) is 0. The first-order valence-electron chi connectivity index (χ1n) is 5.11. The van der Waals surface area contributed by atoms with E-state index < -0.39 is 0 Å². The number of anilines is 1. The van der Waals surface area contributed by atoms with E-state index in [1.807, 2.05) is 18.3 Å². The summed E-state index contributed by atoms with van der Waals surface area (Å²) in [5.74, 6) is 0.715. The minimum Gasteiger partial charge on any atom is -0.348 e. The third kappa shape index (κ3) is 1.55. The third-order valence-electron chi connectivity index (χ3n) is 2.61. The van der Waals surface area contributed by atoms with Crippen LogP contribution in [0.5, 0.6) is 0 Å². The zero-order valence-corrected chi connectivity index (χ0v) is 8.57. The first-order chi connectivity index (χ1) is 7.31. The van der Waals surface area contributed by atoms with Crippen molar-refractivity contribution in [3.63, 3.8) is 0 Å². The summed E-state index contributed by atoms with van der Waals surface area (Å²) in [6.07, 6.45) is 1.93. The van der Waals surface area contributed by atoms with E-state index in [1.165, 1.54) is 5.56 Å². The predicted octanol–water partition coefficient (Wildman–Crippen LogP) is 0.421. The Balaban J connectivity index is 1.91. The fourth-order valence-corrected chi connectivity index (χ4v) is 1.62. The Morgan fingerprint density at radius 3 is 3.13 bits per heavy atom. The van der Waals surface area contributed by atoms with Crippen LogP contribution in [0, 0.1) is 6.92 Å². The van der Waals surface area contributed by atoms with Crippen LogP contribution in [0.15, 0.2) is 18.3 Å². The molecule has 2 aromatic heterocycles. The normalized spacial score (nSPS) is 16.6. The Bertz CT molecular complexity index is 486. The van der Waals surface area contributed by atoms with Gasteiger partial charge in [0, 0.05) is 19.3 Å². The van der Waals surface area contributed by atoms with Crippen LogP contribution < -0.4 is 10.6 Å². The van der Waals surface area contributed by atoms with E-state index in [-0.39, 0.29) is 0 Å². The highest BCUT2D eigenvalue weighted by Gasteiger charge is 2.17.